The number of aryl methyl sites for hydroxylation is 1. The first-order chi connectivity index (χ1) is 20.4. The molecule has 2 aromatic rings. The number of carbonyl (C=O) groups excluding carboxylic acids is 1. The maximum absolute atomic E-state index is 13.8. The Balaban J connectivity index is 0.000000241. The lowest BCUT2D eigenvalue weighted by Gasteiger charge is -2.52. The Hall–Kier alpha value is -2.83. The lowest BCUT2D eigenvalue weighted by atomic mass is 9.54. The van der Waals surface area contributed by atoms with E-state index in [2.05, 4.69) is 11.8 Å². The molecule has 2 bridgehead atoms. The van der Waals surface area contributed by atoms with Gasteiger partial charge in [-0.25, -0.2) is 8.78 Å². The molecule has 1 heterocycles. The molecule has 1 aliphatic heterocycles. The van der Waals surface area contributed by atoms with E-state index in [4.69, 9.17) is 9.90 Å². The van der Waals surface area contributed by atoms with E-state index >= 15 is 0 Å². The zero-order valence-corrected chi connectivity index (χ0v) is 25.1. The van der Waals surface area contributed by atoms with E-state index in [1.165, 1.54) is 25.3 Å². The van der Waals surface area contributed by atoms with Crippen molar-refractivity contribution in [3.63, 3.8) is 0 Å². The third-order valence-corrected chi connectivity index (χ3v) is 10.2. The predicted octanol–water partition coefficient (Wildman–Crippen LogP) is 8.86. The molecule has 3 saturated carbocycles. The zero-order valence-electron chi connectivity index (χ0n) is 24.3. The van der Waals surface area contributed by atoms with E-state index in [9.17, 15) is 39.9 Å². The van der Waals surface area contributed by atoms with Gasteiger partial charge in [0.15, 0.2) is 0 Å². The molecule has 244 valence electrons. The summed E-state index contributed by atoms with van der Waals surface area (Å²) < 4.78 is 100. The maximum Gasteiger partial charge on any atom is 0.435 e. The molecule has 1 unspecified atom stereocenters. The number of likely N-dealkylation sites (tertiary alicyclic amines) is 1. The number of benzene rings is 2. The van der Waals surface area contributed by atoms with Crippen molar-refractivity contribution in [2.75, 3.05) is 13.1 Å². The van der Waals surface area contributed by atoms with E-state index in [-0.39, 0.29) is 17.7 Å². The van der Waals surface area contributed by atoms with Crippen molar-refractivity contribution < 1.29 is 49.8 Å². The van der Waals surface area contributed by atoms with Crippen molar-refractivity contribution >= 4 is 24.1 Å². The van der Waals surface area contributed by atoms with Crippen LogP contribution < -0.4 is 0 Å². The lowest BCUT2D eigenvalue weighted by Crippen LogP contribution is -2.50. The van der Waals surface area contributed by atoms with E-state index < -0.39 is 23.6 Å². The molecule has 1 N–H and O–H groups in total. The number of nitrogens with zero attached hydrogens (tertiary/aromatic N) is 1. The van der Waals surface area contributed by atoms with Crippen LogP contribution in [0.25, 0.3) is 0 Å². The Labute approximate surface area is 255 Å². The molecule has 2 aromatic carbocycles. The zero-order chi connectivity index (χ0) is 33.0. The van der Waals surface area contributed by atoms with Crippen molar-refractivity contribution in [1.82, 2.24) is 4.90 Å². The van der Waals surface area contributed by atoms with Crippen LogP contribution in [0.15, 0.2) is 53.4 Å². The normalized spacial score (nSPS) is 25.0. The largest absolute Gasteiger partial charge is 0.483 e. The smallest absolute Gasteiger partial charge is 0.435 e. The molecule has 4 nitrogen and oxygen atoms in total. The van der Waals surface area contributed by atoms with Gasteiger partial charge in [-0.3, -0.25) is 9.59 Å². The third kappa shape index (κ3) is 7.69. The maximum atomic E-state index is 13.8. The second-order valence-corrected chi connectivity index (χ2v) is 13.3. The second kappa shape index (κ2) is 13.7. The van der Waals surface area contributed by atoms with Gasteiger partial charge in [-0.15, -0.1) is 11.8 Å². The number of rotatable bonds is 4. The van der Waals surface area contributed by atoms with Gasteiger partial charge in [0.1, 0.15) is 5.82 Å². The summed E-state index contributed by atoms with van der Waals surface area (Å²) in [5, 5.41) is 7.28. The molecular weight excluding hydrogens is 618 g/mol. The number of alkyl halides is 7. The molecule has 4 aliphatic rings. The van der Waals surface area contributed by atoms with Gasteiger partial charge in [0.05, 0.1) is 0 Å². The van der Waals surface area contributed by atoms with E-state index in [1.54, 1.807) is 24.8 Å². The van der Waals surface area contributed by atoms with Crippen LogP contribution in [0.5, 0.6) is 0 Å². The number of carboxylic acid groups (broad SMARTS) is 1. The van der Waals surface area contributed by atoms with Crippen LogP contribution in [0.1, 0.15) is 63.0 Å². The van der Waals surface area contributed by atoms with Crippen LogP contribution in [-0.4, -0.2) is 53.1 Å². The Morgan fingerprint density at radius 2 is 1.45 bits per heavy atom. The molecule has 6 rings (SSSR count). The molecule has 44 heavy (non-hydrogen) atoms. The van der Waals surface area contributed by atoms with Crippen molar-refractivity contribution in [3.05, 3.63) is 65.5 Å². The van der Waals surface area contributed by atoms with Crippen LogP contribution in [0.4, 0.5) is 35.1 Å². The molecule has 0 spiro atoms. The predicted molar refractivity (Wildman–Crippen MR) is 150 cm³/mol. The molecule has 4 fully saturated rings. The SMILES string of the molecule is Cc1ccc(SC2CCN(C(=O)C34CCC(C)(CC3)CC4)C2)cc1F.FC(F)(F)C(F)(c1ccccc1)C(F)(F)F.O=CO. The third-order valence-electron chi connectivity index (χ3n) is 8.91. The van der Waals surface area contributed by atoms with Gasteiger partial charge in [0.2, 0.25) is 5.91 Å². The number of thioether (sulfide) groups is 1. The minimum absolute atomic E-state index is 0.0622. The second-order valence-electron chi connectivity index (χ2n) is 11.9. The summed E-state index contributed by atoms with van der Waals surface area (Å²) in [6, 6.07) is 9.36. The van der Waals surface area contributed by atoms with Gasteiger partial charge in [0, 0.05) is 34.2 Å². The average molecular weight is 654 g/mol. The van der Waals surface area contributed by atoms with Crippen LogP contribution in [0.3, 0.4) is 0 Å². The highest BCUT2D eigenvalue weighted by Crippen LogP contribution is 2.57. The fourth-order valence-electron chi connectivity index (χ4n) is 6.03. The van der Waals surface area contributed by atoms with E-state index in [0.717, 1.165) is 55.8 Å². The molecular formula is C31H35F8NO3S. The number of amides is 1. The molecule has 1 atom stereocenters. The molecule has 13 heteroatoms. The van der Waals surface area contributed by atoms with Gasteiger partial charge in [-0.05, 0) is 75.0 Å². The Morgan fingerprint density at radius 1 is 0.932 bits per heavy atom. The van der Waals surface area contributed by atoms with Crippen molar-refractivity contribution in [3.8, 4) is 0 Å². The summed E-state index contributed by atoms with van der Waals surface area (Å²) in [7, 11) is 0. The van der Waals surface area contributed by atoms with E-state index in [0.29, 0.717) is 34.3 Å². The number of hydrogen-bond donors (Lipinski definition) is 1. The highest BCUT2D eigenvalue weighted by Gasteiger charge is 2.73. The van der Waals surface area contributed by atoms with Gasteiger partial charge in [-0.1, -0.05) is 43.3 Å². The monoisotopic (exact) mass is 653 g/mol. The molecule has 1 saturated heterocycles. The number of carbonyl (C=O) groups is 2. The molecule has 0 aromatic heterocycles. The summed E-state index contributed by atoms with van der Waals surface area (Å²) in [4.78, 5) is 24.7. The minimum atomic E-state index is -6.05. The minimum Gasteiger partial charge on any atom is -0.483 e. The molecule has 3 aliphatic carbocycles. The Kier molecular flexibility index (Phi) is 11.1. The quantitative estimate of drug-likeness (QED) is 0.265. The summed E-state index contributed by atoms with van der Waals surface area (Å²) >= 11 is 1.72. The van der Waals surface area contributed by atoms with Crippen molar-refractivity contribution in [2.24, 2.45) is 10.8 Å². The lowest BCUT2D eigenvalue weighted by molar-refractivity contribution is -0.348. The van der Waals surface area contributed by atoms with Gasteiger partial charge in [0.25, 0.3) is 6.47 Å². The molecule has 0 radical (unpaired) electrons. The highest BCUT2D eigenvalue weighted by molar-refractivity contribution is 8.00. The summed E-state index contributed by atoms with van der Waals surface area (Å²) in [5.74, 6) is 0.273. The van der Waals surface area contributed by atoms with Crippen molar-refractivity contribution in [2.45, 2.75) is 87.0 Å². The highest BCUT2D eigenvalue weighted by atomic mass is 32.2. The number of halogens is 8. The first-order valence-electron chi connectivity index (χ1n) is 14.1. The topological polar surface area (TPSA) is 57.6 Å². The fraction of sp³-hybridized carbons (Fsp3) is 0.548. The fourth-order valence-corrected chi connectivity index (χ4v) is 7.21. The van der Waals surface area contributed by atoms with Gasteiger partial charge in [-0.2, -0.15) is 26.3 Å². The first-order valence-corrected chi connectivity index (χ1v) is 15.0. The first kappa shape index (κ1) is 35.6. The Bertz CT molecular complexity index is 1250. The molecule has 1 amide bonds. The number of fused-ring (bicyclic) bond motifs is 3. The van der Waals surface area contributed by atoms with Crippen LogP contribution >= 0.6 is 11.8 Å². The average Bonchev–Trinajstić information content (AvgIpc) is 3.43. The summed E-state index contributed by atoms with van der Waals surface area (Å²) in [6.07, 6.45) is -4.19. The van der Waals surface area contributed by atoms with E-state index in [1.807, 2.05) is 12.1 Å². The van der Waals surface area contributed by atoms with Crippen molar-refractivity contribution in [1.29, 1.82) is 0 Å². The van der Waals surface area contributed by atoms with Crippen LogP contribution in [0.2, 0.25) is 0 Å². The van der Waals surface area contributed by atoms with Gasteiger partial charge >= 0.3 is 18.0 Å². The van der Waals surface area contributed by atoms with Crippen LogP contribution in [-0.2, 0) is 15.3 Å². The summed E-state index contributed by atoms with van der Waals surface area (Å²) in [6.45, 7) is 5.62. The summed E-state index contributed by atoms with van der Waals surface area (Å²) in [5.41, 5.74) is -5.68. The Morgan fingerprint density at radius 3 is 1.93 bits per heavy atom. The standard InChI is InChI=1S/C21H28FNOS.C9H5F7.CH2O2/c1-15-3-4-16(13-18(15)22)25-17-5-12-23(14-17)19(24)21-9-6-20(2,7-10-21)8-11-21;10-7(8(11,12)13,9(14,15)16)6-4-2-1-3-5-6;2-1-3/h3-4,13,17H,5-12,14H2,1-2H3;1-5H;1H,(H,2,3). The number of hydrogen-bond acceptors (Lipinski definition) is 3. The van der Waals surface area contributed by atoms with Gasteiger partial charge < -0.3 is 10.0 Å². The van der Waals surface area contributed by atoms with Crippen LogP contribution in [0, 0.1) is 23.6 Å².